The molecule has 1 aromatic carbocycles. The number of anilines is 1. The fraction of sp³-hybridized carbons (Fsp3) is 0.300. The summed E-state index contributed by atoms with van der Waals surface area (Å²) in [6, 6.07) is 5.95. The Kier molecular flexibility index (Phi) is 4.73. The molecule has 0 saturated heterocycles. The average molecular weight is 212 g/mol. The number of carbonyl (C=O) groups is 1. The van der Waals surface area contributed by atoms with Crippen LogP contribution in [0.15, 0.2) is 24.3 Å². The van der Waals surface area contributed by atoms with Crippen molar-refractivity contribution in [3.63, 3.8) is 0 Å². The van der Waals surface area contributed by atoms with E-state index >= 15 is 0 Å². The van der Waals surface area contributed by atoms with E-state index < -0.39 is 11.7 Å². The summed E-state index contributed by atoms with van der Waals surface area (Å²) in [5, 5.41) is 2.39. The second-order valence-electron chi connectivity index (χ2n) is 2.87. The third-order valence-electron chi connectivity index (χ3n) is 1.64. The van der Waals surface area contributed by atoms with Crippen LogP contribution in [-0.4, -0.2) is 25.7 Å². The van der Waals surface area contributed by atoms with Gasteiger partial charge in [-0.25, -0.2) is 4.39 Å². The van der Waals surface area contributed by atoms with Crippen molar-refractivity contribution in [2.24, 2.45) is 5.73 Å². The number of amides is 1. The van der Waals surface area contributed by atoms with Crippen LogP contribution in [0, 0.1) is 5.82 Å². The van der Waals surface area contributed by atoms with Gasteiger partial charge in [0.25, 0.3) is 0 Å². The van der Waals surface area contributed by atoms with Gasteiger partial charge < -0.3 is 15.8 Å². The van der Waals surface area contributed by atoms with Crippen LogP contribution in [0.1, 0.15) is 0 Å². The fourth-order valence-electron chi connectivity index (χ4n) is 0.997. The molecular formula is C10H13FN2O2. The predicted molar refractivity (Wildman–Crippen MR) is 54.9 cm³/mol. The Morgan fingerprint density at radius 2 is 2.20 bits per heavy atom. The molecule has 82 valence electrons. The van der Waals surface area contributed by atoms with Crippen LogP contribution < -0.4 is 11.1 Å². The van der Waals surface area contributed by atoms with E-state index in [9.17, 15) is 9.18 Å². The van der Waals surface area contributed by atoms with Crippen LogP contribution in [-0.2, 0) is 9.53 Å². The van der Waals surface area contributed by atoms with Crippen LogP contribution in [0.3, 0.4) is 0 Å². The van der Waals surface area contributed by atoms with E-state index in [1.54, 1.807) is 12.1 Å². The summed E-state index contributed by atoms with van der Waals surface area (Å²) in [6.45, 7) is 0.545. The van der Waals surface area contributed by atoms with Crippen molar-refractivity contribution in [1.29, 1.82) is 0 Å². The maximum atomic E-state index is 13.1. The molecule has 0 heterocycles. The number of nitrogens with two attached hydrogens (primary N) is 1. The molecular weight excluding hydrogens is 199 g/mol. The molecule has 1 amide bonds. The zero-order chi connectivity index (χ0) is 11.1. The second-order valence-corrected chi connectivity index (χ2v) is 2.87. The van der Waals surface area contributed by atoms with Crippen LogP contribution in [0.5, 0.6) is 0 Å². The molecule has 4 nitrogen and oxygen atoms in total. The number of ether oxygens (including phenoxy) is 1. The summed E-state index contributed by atoms with van der Waals surface area (Å²) >= 11 is 0. The minimum absolute atomic E-state index is 0.120. The van der Waals surface area contributed by atoms with Crippen LogP contribution in [0.2, 0.25) is 0 Å². The molecule has 15 heavy (non-hydrogen) atoms. The number of hydrogen-bond donors (Lipinski definition) is 2. The molecule has 0 aliphatic rings. The van der Waals surface area contributed by atoms with E-state index in [1.165, 1.54) is 12.1 Å². The molecule has 0 aromatic heterocycles. The number of carbonyl (C=O) groups excluding carboxylic acids is 1. The van der Waals surface area contributed by atoms with Crippen molar-refractivity contribution < 1.29 is 13.9 Å². The van der Waals surface area contributed by atoms with Gasteiger partial charge in [0.15, 0.2) is 0 Å². The number of benzene rings is 1. The van der Waals surface area contributed by atoms with Crippen molar-refractivity contribution in [3.05, 3.63) is 30.1 Å². The van der Waals surface area contributed by atoms with E-state index in [-0.39, 0.29) is 12.3 Å². The summed E-state index contributed by atoms with van der Waals surface area (Å²) in [7, 11) is 0. The summed E-state index contributed by atoms with van der Waals surface area (Å²) in [5.41, 5.74) is 5.33. The quantitative estimate of drug-likeness (QED) is 0.707. The summed E-state index contributed by atoms with van der Waals surface area (Å²) in [4.78, 5) is 11.2. The van der Waals surface area contributed by atoms with Gasteiger partial charge in [-0.05, 0) is 12.1 Å². The maximum Gasteiger partial charge on any atom is 0.250 e. The molecule has 0 saturated carbocycles. The van der Waals surface area contributed by atoms with E-state index in [2.05, 4.69) is 5.32 Å². The van der Waals surface area contributed by atoms with Gasteiger partial charge in [-0.15, -0.1) is 0 Å². The largest absolute Gasteiger partial charge is 0.370 e. The van der Waals surface area contributed by atoms with Crippen molar-refractivity contribution in [2.75, 3.05) is 25.1 Å². The Balaban J connectivity index is 2.41. The van der Waals surface area contributed by atoms with Gasteiger partial charge in [0, 0.05) is 6.54 Å². The van der Waals surface area contributed by atoms with Crippen molar-refractivity contribution in [2.45, 2.75) is 0 Å². The first-order valence-electron chi connectivity index (χ1n) is 4.56. The molecule has 1 aromatic rings. The molecule has 1 rings (SSSR count). The third kappa shape index (κ3) is 4.05. The lowest BCUT2D eigenvalue weighted by Crippen LogP contribution is -2.21. The second kappa shape index (κ2) is 6.10. The Morgan fingerprint density at radius 3 is 2.87 bits per heavy atom. The Morgan fingerprint density at radius 1 is 1.47 bits per heavy atom. The van der Waals surface area contributed by atoms with E-state index in [0.717, 1.165) is 0 Å². The van der Waals surface area contributed by atoms with Gasteiger partial charge in [0.1, 0.15) is 12.4 Å². The summed E-state index contributed by atoms with van der Waals surface area (Å²) < 4.78 is 18.0. The Bertz CT molecular complexity index is 331. The molecule has 0 unspecified atom stereocenters. The zero-order valence-corrected chi connectivity index (χ0v) is 8.20. The standard InChI is InChI=1S/C10H13FN2O2/c11-8-3-1-2-4-9(8)13-10(14)7-15-6-5-12/h1-4H,5-7,12H2,(H,13,14). The van der Waals surface area contributed by atoms with Crippen molar-refractivity contribution in [1.82, 2.24) is 0 Å². The Hall–Kier alpha value is -1.46. The molecule has 0 bridgehead atoms. The van der Waals surface area contributed by atoms with Gasteiger partial charge in [-0.1, -0.05) is 12.1 Å². The highest BCUT2D eigenvalue weighted by atomic mass is 19.1. The highest BCUT2D eigenvalue weighted by Crippen LogP contribution is 2.11. The lowest BCUT2D eigenvalue weighted by Gasteiger charge is -2.06. The SMILES string of the molecule is NCCOCC(=O)Nc1ccccc1F. The average Bonchev–Trinajstić information content (AvgIpc) is 2.22. The van der Waals surface area contributed by atoms with Gasteiger partial charge >= 0.3 is 0 Å². The first kappa shape index (κ1) is 11.6. The molecule has 3 N–H and O–H groups in total. The first-order chi connectivity index (χ1) is 7.24. The van der Waals surface area contributed by atoms with E-state index in [1.807, 2.05) is 0 Å². The monoisotopic (exact) mass is 212 g/mol. The summed E-state index contributed by atoms with van der Waals surface area (Å²) in [5.74, 6) is -0.863. The number of rotatable bonds is 5. The number of hydrogen-bond acceptors (Lipinski definition) is 3. The number of halogens is 1. The lowest BCUT2D eigenvalue weighted by atomic mass is 10.3. The van der Waals surface area contributed by atoms with Crippen LogP contribution in [0.4, 0.5) is 10.1 Å². The maximum absolute atomic E-state index is 13.1. The zero-order valence-electron chi connectivity index (χ0n) is 8.20. The molecule has 0 atom stereocenters. The highest BCUT2D eigenvalue weighted by molar-refractivity contribution is 5.91. The molecule has 0 aliphatic heterocycles. The summed E-state index contributed by atoms with van der Waals surface area (Å²) in [6.07, 6.45) is 0. The first-order valence-corrected chi connectivity index (χ1v) is 4.56. The molecule has 0 fully saturated rings. The predicted octanol–water partition coefficient (Wildman–Crippen LogP) is 0.739. The molecule has 0 spiro atoms. The van der Waals surface area contributed by atoms with E-state index in [0.29, 0.717) is 13.2 Å². The fourth-order valence-corrected chi connectivity index (χ4v) is 0.997. The number of para-hydroxylation sites is 1. The van der Waals surface area contributed by atoms with Crippen molar-refractivity contribution in [3.8, 4) is 0 Å². The highest BCUT2D eigenvalue weighted by Gasteiger charge is 2.05. The van der Waals surface area contributed by atoms with Crippen LogP contribution in [0.25, 0.3) is 0 Å². The van der Waals surface area contributed by atoms with Crippen molar-refractivity contribution >= 4 is 11.6 Å². The molecule has 5 heteroatoms. The van der Waals surface area contributed by atoms with Gasteiger partial charge in [-0.2, -0.15) is 0 Å². The van der Waals surface area contributed by atoms with Crippen LogP contribution >= 0.6 is 0 Å². The van der Waals surface area contributed by atoms with Gasteiger partial charge in [-0.3, -0.25) is 4.79 Å². The molecule has 0 radical (unpaired) electrons. The van der Waals surface area contributed by atoms with E-state index in [4.69, 9.17) is 10.5 Å². The minimum atomic E-state index is -0.468. The topological polar surface area (TPSA) is 64.3 Å². The third-order valence-corrected chi connectivity index (χ3v) is 1.64. The normalized spacial score (nSPS) is 10.0. The minimum Gasteiger partial charge on any atom is -0.370 e. The van der Waals surface area contributed by atoms with Gasteiger partial charge in [0.2, 0.25) is 5.91 Å². The molecule has 0 aliphatic carbocycles. The lowest BCUT2D eigenvalue weighted by molar-refractivity contribution is -0.120. The number of nitrogens with one attached hydrogen (secondary N) is 1. The van der Waals surface area contributed by atoms with Gasteiger partial charge in [0.05, 0.1) is 12.3 Å². The Labute approximate surface area is 87.2 Å². The smallest absolute Gasteiger partial charge is 0.250 e.